The third kappa shape index (κ3) is 2.86. The molecule has 0 bridgehead atoms. The molecule has 1 saturated heterocycles. The lowest BCUT2D eigenvalue weighted by atomic mass is 9.93. The number of nitrogens with zero attached hydrogens (tertiary/aromatic N) is 1. The molecule has 2 nitrogen and oxygen atoms in total. The fraction of sp³-hybridized carbons (Fsp3) is 0.625. The topological polar surface area (TPSA) is 15.3 Å². The molecule has 2 rings (SSSR count). The Hall–Kier alpha value is -1.02. The third-order valence-corrected chi connectivity index (χ3v) is 4.03. The lowest BCUT2D eigenvalue weighted by Crippen LogP contribution is -2.51. The summed E-state index contributed by atoms with van der Waals surface area (Å²) in [6, 6.07) is 10.7. The van der Waals surface area contributed by atoms with Crippen molar-refractivity contribution in [1.82, 2.24) is 5.32 Å². The zero-order valence-electron chi connectivity index (χ0n) is 12.1. The number of benzene rings is 1. The lowest BCUT2D eigenvalue weighted by Gasteiger charge is -2.41. The second-order valence-electron chi connectivity index (χ2n) is 5.67. The van der Waals surface area contributed by atoms with Crippen LogP contribution in [0.15, 0.2) is 24.3 Å². The number of hydrogen-bond donors (Lipinski definition) is 1. The molecule has 1 N–H and O–H groups in total. The van der Waals surface area contributed by atoms with Crippen molar-refractivity contribution >= 4 is 5.69 Å². The second-order valence-corrected chi connectivity index (χ2v) is 5.67. The summed E-state index contributed by atoms with van der Waals surface area (Å²) >= 11 is 0. The molecule has 1 aromatic carbocycles. The number of nitrogens with one attached hydrogen (secondary N) is 1. The molecule has 1 fully saturated rings. The van der Waals surface area contributed by atoms with Gasteiger partial charge in [0.05, 0.1) is 0 Å². The number of piperidine rings is 1. The van der Waals surface area contributed by atoms with Crippen molar-refractivity contribution in [3.63, 3.8) is 0 Å². The van der Waals surface area contributed by atoms with Crippen LogP contribution >= 0.6 is 0 Å². The number of rotatable bonds is 3. The average molecular weight is 246 g/mol. The zero-order chi connectivity index (χ0) is 13.1. The summed E-state index contributed by atoms with van der Waals surface area (Å²) in [5.41, 5.74) is 2.80. The summed E-state index contributed by atoms with van der Waals surface area (Å²) in [6.07, 6.45) is 2.49. The van der Waals surface area contributed by atoms with Gasteiger partial charge in [0.1, 0.15) is 0 Å². The van der Waals surface area contributed by atoms with E-state index in [1.54, 1.807) is 0 Å². The summed E-state index contributed by atoms with van der Waals surface area (Å²) in [4.78, 5) is 2.59. The van der Waals surface area contributed by atoms with Crippen molar-refractivity contribution < 1.29 is 0 Å². The van der Waals surface area contributed by atoms with E-state index < -0.39 is 0 Å². The maximum atomic E-state index is 3.63. The summed E-state index contributed by atoms with van der Waals surface area (Å²) in [5.74, 6) is 0. The van der Waals surface area contributed by atoms with Gasteiger partial charge in [0.15, 0.2) is 0 Å². The highest BCUT2D eigenvalue weighted by Gasteiger charge is 2.27. The first kappa shape index (κ1) is 13.4. The van der Waals surface area contributed by atoms with Gasteiger partial charge in [0, 0.05) is 30.4 Å². The fourth-order valence-corrected chi connectivity index (χ4v) is 3.30. The van der Waals surface area contributed by atoms with Crippen molar-refractivity contribution in [3.8, 4) is 0 Å². The Labute approximate surface area is 111 Å². The molecule has 18 heavy (non-hydrogen) atoms. The number of anilines is 1. The number of aryl methyl sites for hydroxylation is 1. The van der Waals surface area contributed by atoms with E-state index in [2.05, 4.69) is 62.2 Å². The van der Waals surface area contributed by atoms with Crippen LogP contribution in [-0.2, 0) is 0 Å². The largest absolute Gasteiger partial charge is 0.368 e. The molecule has 0 aliphatic carbocycles. The van der Waals surface area contributed by atoms with Crippen LogP contribution in [-0.4, -0.2) is 24.7 Å². The zero-order valence-corrected chi connectivity index (χ0v) is 12.1. The van der Waals surface area contributed by atoms with Crippen LogP contribution in [0.3, 0.4) is 0 Å². The van der Waals surface area contributed by atoms with Gasteiger partial charge in [-0.05, 0) is 52.2 Å². The standard InChI is InChI=1S/C16H26N2/c1-5-18(16-9-7-6-8-12(16)2)15-10-13(3)17-14(4)11-15/h6-9,13-15,17H,5,10-11H2,1-4H3. The molecular weight excluding hydrogens is 220 g/mol. The lowest BCUT2D eigenvalue weighted by molar-refractivity contribution is 0.306. The van der Waals surface area contributed by atoms with Gasteiger partial charge in [-0.3, -0.25) is 0 Å². The third-order valence-electron chi connectivity index (χ3n) is 4.03. The summed E-state index contributed by atoms with van der Waals surface area (Å²) in [5, 5.41) is 3.63. The van der Waals surface area contributed by atoms with Gasteiger partial charge < -0.3 is 10.2 Å². The predicted octanol–water partition coefficient (Wildman–Crippen LogP) is 3.35. The van der Waals surface area contributed by atoms with E-state index in [1.165, 1.54) is 24.1 Å². The van der Waals surface area contributed by atoms with Crippen molar-refractivity contribution in [2.75, 3.05) is 11.4 Å². The van der Waals surface area contributed by atoms with Gasteiger partial charge in [0.2, 0.25) is 0 Å². The molecule has 0 spiro atoms. The van der Waals surface area contributed by atoms with Crippen LogP contribution in [0, 0.1) is 6.92 Å². The van der Waals surface area contributed by atoms with Gasteiger partial charge in [-0.15, -0.1) is 0 Å². The minimum Gasteiger partial charge on any atom is -0.368 e. The monoisotopic (exact) mass is 246 g/mol. The predicted molar refractivity (Wildman–Crippen MR) is 79.3 cm³/mol. The normalized spacial score (nSPS) is 28.1. The Morgan fingerprint density at radius 2 is 1.78 bits per heavy atom. The molecule has 0 amide bonds. The van der Waals surface area contributed by atoms with Crippen molar-refractivity contribution in [3.05, 3.63) is 29.8 Å². The number of para-hydroxylation sites is 1. The van der Waals surface area contributed by atoms with Crippen LogP contribution in [0.4, 0.5) is 5.69 Å². The van der Waals surface area contributed by atoms with E-state index in [9.17, 15) is 0 Å². The van der Waals surface area contributed by atoms with Gasteiger partial charge >= 0.3 is 0 Å². The molecule has 1 aliphatic heterocycles. The van der Waals surface area contributed by atoms with E-state index in [0.717, 1.165) is 6.54 Å². The van der Waals surface area contributed by atoms with Crippen LogP contribution in [0.1, 0.15) is 39.2 Å². The van der Waals surface area contributed by atoms with E-state index in [0.29, 0.717) is 18.1 Å². The highest BCUT2D eigenvalue weighted by atomic mass is 15.2. The molecule has 2 unspecified atom stereocenters. The van der Waals surface area contributed by atoms with Crippen LogP contribution < -0.4 is 10.2 Å². The quantitative estimate of drug-likeness (QED) is 0.880. The Morgan fingerprint density at radius 3 is 2.33 bits per heavy atom. The van der Waals surface area contributed by atoms with Crippen molar-refractivity contribution in [1.29, 1.82) is 0 Å². The Balaban J connectivity index is 2.20. The first-order valence-electron chi connectivity index (χ1n) is 7.20. The smallest absolute Gasteiger partial charge is 0.0398 e. The fourth-order valence-electron chi connectivity index (χ4n) is 3.30. The minimum atomic E-state index is 0.622. The van der Waals surface area contributed by atoms with E-state index in [-0.39, 0.29) is 0 Å². The molecule has 2 heteroatoms. The molecule has 0 aromatic heterocycles. The highest BCUT2D eigenvalue weighted by Crippen LogP contribution is 2.27. The molecule has 1 aliphatic rings. The highest BCUT2D eigenvalue weighted by molar-refractivity contribution is 5.53. The Bertz CT molecular complexity index is 378. The number of hydrogen-bond acceptors (Lipinski definition) is 2. The average Bonchev–Trinajstić information content (AvgIpc) is 2.31. The Kier molecular flexibility index (Phi) is 4.28. The maximum absolute atomic E-state index is 3.63. The molecule has 2 atom stereocenters. The van der Waals surface area contributed by atoms with Crippen LogP contribution in [0.2, 0.25) is 0 Å². The maximum Gasteiger partial charge on any atom is 0.0398 e. The van der Waals surface area contributed by atoms with Gasteiger partial charge in [-0.1, -0.05) is 18.2 Å². The molecular formula is C16H26N2. The molecule has 1 heterocycles. The van der Waals surface area contributed by atoms with Gasteiger partial charge in [0.25, 0.3) is 0 Å². The molecule has 0 radical (unpaired) electrons. The first-order chi connectivity index (χ1) is 8.61. The molecule has 1 aromatic rings. The minimum absolute atomic E-state index is 0.622. The summed E-state index contributed by atoms with van der Waals surface area (Å²) in [7, 11) is 0. The summed E-state index contributed by atoms with van der Waals surface area (Å²) in [6.45, 7) is 10.2. The van der Waals surface area contributed by atoms with E-state index >= 15 is 0 Å². The molecule has 100 valence electrons. The molecule has 0 saturated carbocycles. The van der Waals surface area contributed by atoms with Crippen LogP contribution in [0.25, 0.3) is 0 Å². The first-order valence-corrected chi connectivity index (χ1v) is 7.20. The van der Waals surface area contributed by atoms with Crippen LogP contribution in [0.5, 0.6) is 0 Å². The van der Waals surface area contributed by atoms with Gasteiger partial charge in [-0.2, -0.15) is 0 Å². The van der Waals surface area contributed by atoms with E-state index in [1.807, 2.05) is 0 Å². The van der Waals surface area contributed by atoms with Crippen molar-refractivity contribution in [2.45, 2.75) is 58.7 Å². The van der Waals surface area contributed by atoms with E-state index in [4.69, 9.17) is 0 Å². The SMILES string of the molecule is CCN(c1ccccc1C)C1CC(C)NC(C)C1. The van der Waals surface area contributed by atoms with Gasteiger partial charge in [-0.25, -0.2) is 0 Å². The van der Waals surface area contributed by atoms with Crippen molar-refractivity contribution in [2.24, 2.45) is 0 Å². The Morgan fingerprint density at radius 1 is 1.17 bits per heavy atom. The second kappa shape index (κ2) is 5.75. The summed E-state index contributed by atoms with van der Waals surface area (Å²) < 4.78 is 0.